The van der Waals surface area contributed by atoms with E-state index in [0.717, 1.165) is 13.0 Å². The number of amidine groups is 1. The fraction of sp³-hybridized carbons (Fsp3) is 0.640. The van der Waals surface area contributed by atoms with Crippen LogP contribution < -0.4 is 0 Å². The van der Waals surface area contributed by atoms with Gasteiger partial charge in [-0.05, 0) is 6.42 Å². The second-order valence-electron chi connectivity index (χ2n) is 8.25. The Kier molecular flexibility index (Phi) is 11.2. The van der Waals surface area contributed by atoms with E-state index in [0.29, 0.717) is 11.0 Å². The fourth-order valence-electron chi connectivity index (χ4n) is 4.20. The summed E-state index contributed by atoms with van der Waals surface area (Å²) in [6.07, 6.45) is 20.2. The van der Waals surface area contributed by atoms with Gasteiger partial charge in [-0.3, -0.25) is 0 Å². The van der Waals surface area contributed by atoms with Gasteiger partial charge in [-0.15, -0.1) is 0 Å². The highest BCUT2D eigenvalue weighted by atomic mass is 16.3. The van der Waals surface area contributed by atoms with Crippen molar-refractivity contribution in [2.24, 2.45) is 4.99 Å². The van der Waals surface area contributed by atoms with Crippen LogP contribution in [0.15, 0.2) is 47.7 Å². The van der Waals surface area contributed by atoms with Crippen LogP contribution in [0.25, 0.3) is 0 Å². The predicted octanol–water partition coefficient (Wildman–Crippen LogP) is 6.58. The number of aliphatic hydroxyl groups excluding tert-OH is 1. The maximum Gasteiger partial charge on any atom is 0.207 e. The maximum absolute atomic E-state index is 9.64. The van der Waals surface area contributed by atoms with Crippen LogP contribution in [-0.2, 0) is 6.54 Å². The number of hydrogen-bond donors (Lipinski definition) is 1. The molecule has 1 atom stereocenters. The quantitative estimate of drug-likeness (QED) is 0.253. The Hall–Kier alpha value is -1.45. The Morgan fingerprint density at radius 1 is 0.821 bits per heavy atom. The molecule has 1 aliphatic heterocycles. The lowest BCUT2D eigenvalue weighted by molar-refractivity contribution is -0.802. The Morgan fingerprint density at radius 3 is 2.04 bits per heavy atom. The zero-order valence-electron chi connectivity index (χ0n) is 18.0. The molecular weight excluding hydrogens is 344 g/mol. The lowest BCUT2D eigenvalue weighted by Crippen LogP contribution is -2.47. The Bertz CT molecular complexity index is 581. The molecule has 0 spiro atoms. The van der Waals surface area contributed by atoms with Crippen LogP contribution in [0.4, 0.5) is 0 Å². The van der Waals surface area contributed by atoms with E-state index in [1.807, 2.05) is 6.20 Å². The van der Waals surface area contributed by atoms with Gasteiger partial charge >= 0.3 is 0 Å². The molecule has 1 aliphatic rings. The monoisotopic (exact) mass is 385 g/mol. The Morgan fingerprint density at radius 2 is 1.43 bits per heavy atom. The summed E-state index contributed by atoms with van der Waals surface area (Å²) in [7, 11) is 0. The number of benzene rings is 1. The zero-order chi connectivity index (χ0) is 19.9. The molecule has 0 bridgehead atoms. The van der Waals surface area contributed by atoms with Crippen LogP contribution >= 0.6 is 0 Å². The molecule has 1 heterocycles. The number of aliphatic imine (C=N–C) groups is 1. The van der Waals surface area contributed by atoms with Crippen LogP contribution in [-0.4, -0.2) is 28.6 Å². The fourth-order valence-corrected chi connectivity index (χ4v) is 4.20. The van der Waals surface area contributed by atoms with E-state index in [4.69, 9.17) is 0 Å². The third-order valence-electron chi connectivity index (χ3n) is 5.90. The van der Waals surface area contributed by atoms with E-state index in [-0.39, 0.29) is 6.61 Å². The van der Waals surface area contributed by atoms with Crippen LogP contribution in [0.2, 0.25) is 0 Å². The van der Waals surface area contributed by atoms with Gasteiger partial charge in [-0.2, -0.15) is 0 Å². The maximum atomic E-state index is 9.64. The van der Waals surface area contributed by atoms with Crippen molar-refractivity contribution < 1.29 is 9.59 Å². The second-order valence-corrected chi connectivity index (χ2v) is 8.25. The van der Waals surface area contributed by atoms with Gasteiger partial charge in [0.1, 0.15) is 19.3 Å². The molecule has 1 aromatic rings. The van der Waals surface area contributed by atoms with Crippen molar-refractivity contribution in [1.29, 1.82) is 0 Å². The molecule has 0 fully saturated rings. The molecule has 0 aromatic heterocycles. The average Bonchev–Trinajstić information content (AvgIpc) is 3.09. The molecule has 0 saturated carbocycles. The van der Waals surface area contributed by atoms with Crippen LogP contribution in [0.3, 0.4) is 0 Å². The number of hydrogen-bond acceptors (Lipinski definition) is 2. The highest BCUT2D eigenvalue weighted by molar-refractivity contribution is 5.78. The second kappa shape index (κ2) is 13.7. The minimum atomic E-state index is 0.189. The molecule has 3 nitrogen and oxygen atoms in total. The number of rotatable bonds is 16. The van der Waals surface area contributed by atoms with Crippen molar-refractivity contribution in [3.05, 3.63) is 48.3 Å². The van der Waals surface area contributed by atoms with Crippen LogP contribution in [0.1, 0.15) is 89.5 Å². The lowest BCUT2D eigenvalue weighted by atomic mass is 10.0. The third-order valence-corrected chi connectivity index (χ3v) is 5.90. The first-order valence-corrected chi connectivity index (χ1v) is 11.6. The third kappa shape index (κ3) is 7.89. The van der Waals surface area contributed by atoms with Crippen molar-refractivity contribution in [3.63, 3.8) is 0 Å². The minimum absolute atomic E-state index is 0.189. The van der Waals surface area contributed by atoms with Gasteiger partial charge in [0.15, 0.2) is 0 Å². The van der Waals surface area contributed by atoms with Crippen molar-refractivity contribution >= 4 is 5.84 Å². The summed E-state index contributed by atoms with van der Waals surface area (Å²) in [5, 5.41) is 9.64. The smallest absolute Gasteiger partial charge is 0.207 e. The molecule has 0 amide bonds. The molecule has 156 valence electrons. The SMILES string of the molecule is CCCCCCCCCCCCCC1=NC=C[N+]1(CCO)Cc1ccccc1. The predicted molar refractivity (Wildman–Crippen MR) is 120 cm³/mol. The van der Waals surface area contributed by atoms with E-state index in [1.54, 1.807) is 0 Å². The summed E-state index contributed by atoms with van der Waals surface area (Å²) in [6.45, 7) is 4.06. The van der Waals surface area contributed by atoms with Gasteiger partial charge in [0.05, 0.1) is 12.8 Å². The molecule has 1 unspecified atom stereocenters. The summed E-state index contributed by atoms with van der Waals surface area (Å²) >= 11 is 0. The molecule has 0 aliphatic carbocycles. The molecule has 0 radical (unpaired) electrons. The first-order chi connectivity index (χ1) is 13.8. The molecule has 0 saturated heterocycles. The summed E-state index contributed by atoms with van der Waals surface area (Å²) in [5.74, 6) is 1.22. The van der Waals surface area contributed by atoms with Gasteiger partial charge < -0.3 is 5.11 Å². The van der Waals surface area contributed by atoms with E-state index < -0.39 is 0 Å². The van der Waals surface area contributed by atoms with E-state index in [1.165, 1.54) is 82.0 Å². The summed E-state index contributed by atoms with van der Waals surface area (Å²) in [4.78, 5) is 4.68. The highest BCUT2D eigenvalue weighted by Gasteiger charge is 2.34. The van der Waals surface area contributed by atoms with Crippen LogP contribution in [0, 0.1) is 0 Å². The first-order valence-electron chi connectivity index (χ1n) is 11.6. The van der Waals surface area contributed by atoms with Gasteiger partial charge in [-0.25, -0.2) is 9.48 Å². The van der Waals surface area contributed by atoms with Gasteiger partial charge in [0.25, 0.3) is 0 Å². The van der Waals surface area contributed by atoms with Crippen molar-refractivity contribution in [3.8, 4) is 0 Å². The van der Waals surface area contributed by atoms with E-state index >= 15 is 0 Å². The minimum Gasteiger partial charge on any atom is -0.390 e. The molecule has 3 heteroatoms. The highest BCUT2D eigenvalue weighted by Crippen LogP contribution is 2.25. The Balaban J connectivity index is 1.65. The number of unbranched alkanes of at least 4 members (excludes halogenated alkanes) is 10. The lowest BCUT2D eigenvalue weighted by Gasteiger charge is -2.32. The molecule has 28 heavy (non-hydrogen) atoms. The number of quaternary nitrogens is 1. The summed E-state index contributed by atoms with van der Waals surface area (Å²) < 4.78 is 0.693. The van der Waals surface area contributed by atoms with Gasteiger partial charge in [0.2, 0.25) is 5.84 Å². The molecule has 1 N–H and O–H groups in total. The first kappa shape index (κ1) is 22.8. The van der Waals surface area contributed by atoms with Crippen molar-refractivity contribution in [1.82, 2.24) is 0 Å². The molecular formula is C25H41N2O+. The zero-order valence-corrected chi connectivity index (χ0v) is 18.0. The average molecular weight is 386 g/mol. The number of nitrogens with zero attached hydrogens (tertiary/aromatic N) is 2. The molecule has 2 rings (SSSR count). The normalized spacial score (nSPS) is 18.6. The molecule has 1 aromatic carbocycles. The van der Waals surface area contributed by atoms with Gasteiger partial charge in [-0.1, -0.05) is 101 Å². The van der Waals surface area contributed by atoms with Gasteiger partial charge in [0, 0.05) is 12.0 Å². The topological polar surface area (TPSA) is 32.6 Å². The Labute approximate surface area is 172 Å². The summed E-state index contributed by atoms with van der Waals surface area (Å²) in [5.41, 5.74) is 1.30. The number of aliphatic hydroxyl groups is 1. The standard InChI is InChI=1S/C25H41N2O/c1-2-3-4-5-6-7-8-9-10-11-15-18-25-26-19-20-27(25,21-22-28)23-24-16-13-12-14-17-24/h12-14,16-17,19-20,28H,2-11,15,18,21-23H2,1H3/q+1. The van der Waals surface area contributed by atoms with Crippen molar-refractivity contribution in [2.45, 2.75) is 90.5 Å². The van der Waals surface area contributed by atoms with Crippen molar-refractivity contribution in [2.75, 3.05) is 13.2 Å². The largest absolute Gasteiger partial charge is 0.390 e. The van der Waals surface area contributed by atoms with Crippen LogP contribution in [0.5, 0.6) is 0 Å². The summed E-state index contributed by atoms with van der Waals surface area (Å²) in [6, 6.07) is 10.6. The van der Waals surface area contributed by atoms with E-state index in [2.05, 4.69) is 48.4 Å². The van der Waals surface area contributed by atoms with E-state index in [9.17, 15) is 5.11 Å².